The molecule has 0 atom stereocenters. The fourth-order valence-corrected chi connectivity index (χ4v) is 2.38. The van der Waals surface area contributed by atoms with Crippen LogP contribution in [0.2, 0.25) is 0 Å². The van der Waals surface area contributed by atoms with E-state index < -0.39 is 0 Å². The average molecular weight is 189 g/mol. The summed E-state index contributed by atoms with van der Waals surface area (Å²) in [6.07, 6.45) is 6.35. The van der Waals surface area contributed by atoms with Gasteiger partial charge in [-0.05, 0) is 18.4 Å². The van der Waals surface area contributed by atoms with E-state index in [1.807, 2.05) is 18.2 Å². The van der Waals surface area contributed by atoms with E-state index in [0.29, 0.717) is 0 Å². The molecule has 74 valence electrons. The summed E-state index contributed by atoms with van der Waals surface area (Å²) in [5, 5.41) is 12.0. The standard InChI is InChI=1S/C12H15NO/c14-13-10-12(8-4-5-9-12)11-6-2-1-3-7-11/h1-3,6-7,10,14H,4-5,8-9H2. The Morgan fingerprint density at radius 2 is 1.79 bits per heavy atom. The Hall–Kier alpha value is -1.31. The van der Waals surface area contributed by atoms with Crippen molar-refractivity contribution >= 4 is 6.21 Å². The van der Waals surface area contributed by atoms with Gasteiger partial charge in [0.2, 0.25) is 0 Å². The Morgan fingerprint density at radius 3 is 2.36 bits per heavy atom. The number of nitrogens with zero attached hydrogens (tertiary/aromatic N) is 1. The predicted molar refractivity (Wildman–Crippen MR) is 56.9 cm³/mol. The molecule has 0 aliphatic heterocycles. The SMILES string of the molecule is ON=CC1(c2ccccc2)CCCC1. The van der Waals surface area contributed by atoms with Crippen molar-refractivity contribution in [2.75, 3.05) is 0 Å². The molecule has 1 aliphatic carbocycles. The van der Waals surface area contributed by atoms with Gasteiger partial charge in [0, 0.05) is 5.41 Å². The van der Waals surface area contributed by atoms with Crippen LogP contribution in [0, 0.1) is 0 Å². The second kappa shape index (κ2) is 3.82. The Balaban J connectivity index is 2.36. The third-order valence-corrected chi connectivity index (χ3v) is 3.15. The van der Waals surface area contributed by atoms with Crippen molar-refractivity contribution in [1.29, 1.82) is 0 Å². The molecule has 0 saturated heterocycles. The van der Waals surface area contributed by atoms with Crippen LogP contribution in [-0.4, -0.2) is 11.4 Å². The van der Waals surface area contributed by atoms with Gasteiger partial charge in [-0.1, -0.05) is 43.2 Å². The Labute approximate surface area is 84.3 Å². The molecule has 1 fully saturated rings. The predicted octanol–water partition coefficient (Wildman–Crippen LogP) is 2.96. The first-order chi connectivity index (χ1) is 6.87. The summed E-state index contributed by atoms with van der Waals surface area (Å²) in [6, 6.07) is 10.3. The molecule has 1 aromatic rings. The number of benzene rings is 1. The molecule has 2 heteroatoms. The lowest BCUT2D eigenvalue weighted by molar-refractivity contribution is 0.316. The molecule has 0 amide bonds. The van der Waals surface area contributed by atoms with Gasteiger partial charge >= 0.3 is 0 Å². The van der Waals surface area contributed by atoms with Gasteiger partial charge in [0.25, 0.3) is 0 Å². The summed E-state index contributed by atoms with van der Waals surface area (Å²) in [6.45, 7) is 0. The van der Waals surface area contributed by atoms with Gasteiger partial charge in [0.15, 0.2) is 0 Å². The molecule has 2 rings (SSSR count). The Kier molecular flexibility index (Phi) is 2.53. The van der Waals surface area contributed by atoms with E-state index in [4.69, 9.17) is 5.21 Å². The van der Waals surface area contributed by atoms with E-state index in [9.17, 15) is 0 Å². The van der Waals surface area contributed by atoms with Crippen molar-refractivity contribution < 1.29 is 5.21 Å². The normalized spacial score (nSPS) is 20.3. The largest absolute Gasteiger partial charge is 0.411 e. The number of hydrogen-bond acceptors (Lipinski definition) is 2. The summed E-state index contributed by atoms with van der Waals surface area (Å²) < 4.78 is 0. The number of hydrogen-bond donors (Lipinski definition) is 1. The van der Waals surface area contributed by atoms with Gasteiger partial charge in [0.05, 0.1) is 6.21 Å². The molecule has 0 heterocycles. The minimum absolute atomic E-state index is 0.00396. The van der Waals surface area contributed by atoms with Crippen molar-refractivity contribution in [3.63, 3.8) is 0 Å². The fourth-order valence-electron chi connectivity index (χ4n) is 2.38. The van der Waals surface area contributed by atoms with E-state index in [-0.39, 0.29) is 5.41 Å². The monoisotopic (exact) mass is 189 g/mol. The molecular formula is C12H15NO. The Morgan fingerprint density at radius 1 is 1.14 bits per heavy atom. The van der Waals surface area contributed by atoms with Crippen molar-refractivity contribution in [3.05, 3.63) is 35.9 Å². The first-order valence-electron chi connectivity index (χ1n) is 5.11. The third-order valence-electron chi connectivity index (χ3n) is 3.15. The molecule has 2 nitrogen and oxygen atoms in total. The quantitative estimate of drug-likeness (QED) is 0.433. The first-order valence-corrected chi connectivity index (χ1v) is 5.11. The van der Waals surface area contributed by atoms with E-state index in [1.54, 1.807) is 6.21 Å². The van der Waals surface area contributed by atoms with Gasteiger partial charge in [-0.2, -0.15) is 0 Å². The highest BCUT2D eigenvalue weighted by Crippen LogP contribution is 2.39. The summed E-state index contributed by atoms with van der Waals surface area (Å²) in [4.78, 5) is 0. The smallest absolute Gasteiger partial charge is 0.0541 e. The summed E-state index contributed by atoms with van der Waals surface area (Å²) >= 11 is 0. The molecular weight excluding hydrogens is 174 g/mol. The van der Waals surface area contributed by atoms with Crippen LogP contribution in [-0.2, 0) is 5.41 Å². The number of rotatable bonds is 2. The summed E-state index contributed by atoms with van der Waals surface area (Å²) in [7, 11) is 0. The van der Waals surface area contributed by atoms with E-state index >= 15 is 0 Å². The van der Waals surface area contributed by atoms with Crippen molar-refractivity contribution in [3.8, 4) is 0 Å². The first kappa shape index (κ1) is 9.25. The second-order valence-corrected chi connectivity index (χ2v) is 3.97. The highest BCUT2D eigenvalue weighted by molar-refractivity contribution is 5.73. The lowest BCUT2D eigenvalue weighted by Gasteiger charge is -2.23. The zero-order valence-corrected chi connectivity index (χ0v) is 8.19. The molecule has 1 N–H and O–H groups in total. The second-order valence-electron chi connectivity index (χ2n) is 3.97. The number of oxime groups is 1. The van der Waals surface area contributed by atoms with E-state index in [0.717, 1.165) is 12.8 Å². The highest BCUT2D eigenvalue weighted by Gasteiger charge is 2.33. The van der Waals surface area contributed by atoms with Crippen molar-refractivity contribution in [2.45, 2.75) is 31.1 Å². The van der Waals surface area contributed by atoms with Crippen molar-refractivity contribution in [2.24, 2.45) is 5.16 Å². The topological polar surface area (TPSA) is 32.6 Å². The maximum atomic E-state index is 8.72. The fraction of sp³-hybridized carbons (Fsp3) is 0.417. The minimum atomic E-state index is -0.00396. The third kappa shape index (κ3) is 1.52. The average Bonchev–Trinajstić information content (AvgIpc) is 2.70. The zero-order chi connectivity index (χ0) is 9.86. The Bertz CT molecular complexity index is 312. The van der Waals surface area contributed by atoms with Gasteiger partial charge in [-0.3, -0.25) is 0 Å². The van der Waals surface area contributed by atoms with Gasteiger partial charge in [0.1, 0.15) is 0 Å². The molecule has 0 aromatic heterocycles. The van der Waals surface area contributed by atoms with Crippen LogP contribution in [0.15, 0.2) is 35.5 Å². The van der Waals surface area contributed by atoms with Crippen LogP contribution in [0.4, 0.5) is 0 Å². The molecule has 0 spiro atoms. The maximum absolute atomic E-state index is 8.72. The van der Waals surface area contributed by atoms with Gasteiger partial charge in [-0.15, -0.1) is 5.16 Å². The van der Waals surface area contributed by atoms with Crippen LogP contribution in [0.1, 0.15) is 31.2 Å². The summed E-state index contributed by atoms with van der Waals surface area (Å²) in [5.74, 6) is 0. The minimum Gasteiger partial charge on any atom is -0.411 e. The summed E-state index contributed by atoms with van der Waals surface area (Å²) in [5.41, 5.74) is 1.27. The highest BCUT2D eigenvalue weighted by atomic mass is 16.4. The molecule has 0 radical (unpaired) electrons. The molecule has 0 unspecified atom stereocenters. The maximum Gasteiger partial charge on any atom is 0.0541 e. The molecule has 1 aromatic carbocycles. The van der Waals surface area contributed by atoms with Crippen LogP contribution < -0.4 is 0 Å². The van der Waals surface area contributed by atoms with Gasteiger partial charge < -0.3 is 5.21 Å². The molecule has 1 saturated carbocycles. The molecule has 1 aliphatic rings. The van der Waals surface area contributed by atoms with Crippen LogP contribution in [0.3, 0.4) is 0 Å². The lowest BCUT2D eigenvalue weighted by Crippen LogP contribution is -2.23. The van der Waals surface area contributed by atoms with E-state index in [1.165, 1.54) is 18.4 Å². The molecule has 0 bridgehead atoms. The van der Waals surface area contributed by atoms with Crippen LogP contribution >= 0.6 is 0 Å². The van der Waals surface area contributed by atoms with Crippen LogP contribution in [0.5, 0.6) is 0 Å². The molecule has 14 heavy (non-hydrogen) atoms. The van der Waals surface area contributed by atoms with Crippen molar-refractivity contribution in [1.82, 2.24) is 0 Å². The van der Waals surface area contributed by atoms with E-state index in [2.05, 4.69) is 17.3 Å². The van der Waals surface area contributed by atoms with Crippen LogP contribution in [0.25, 0.3) is 0 Å². The lowest BCUT2D eigenvalue weighted by atomic mass is 9.80. The van der Waals surface area contributed by atoms with Gasteiger partial charge in [-0.25, -0.2) is 0 Å². The zero-order valence-electron chi connectivity index (χ0n) is 8.19.